The van der Waals surface area contributed by atoms with Crippen LogP contribution in [0.5, 0.6) is 0 Å². The van der Waals surface area contributed by atoms with Crippen molar-refractivity contribution in [3.8, 4) is 0 Å². The molecule has 2 aliphatic carbocycles. The topological polar surface area (TPSA) is 20.3 Å². The van der Waals surface area contributed by atoms with Crippen molar-refractivity contribution in [1.82, 2.24) is 4.90 Å². The van der Waals surface area contributed by atoms with E-state index in [0.29, 0.717) is 22.6 Å². The van der Waals surface area contributed by atoms with E-state index in [9.17, 15) is 4.79 Å². The van der Waals surface area contributed by atoms with E-state index in [0.717, 1.165) is 31.3 Å². The number of hydrogen-bond acceptors (Lipinski definition) is 1. The van der Waals surface area contributed by atoms with Gasteiger partial charge in [0.25, 0.3) is 0 Å². The predicted octanol–water partition coefficient (Wildman–Crippen LogP) is 3.05. The zero-order chi connectivity index (χ0) is 12.0. The lowest BCUT2D eigenvalue weighted by atomic mass is 9.99. The van der Waals surface area contributed by atoms with Gasteiger partial charge in [0.2, 0.25) is 5.91 Å². The van der Waals surface area contributed by atoms with Crippen molar-refractivity contribution < 1.29 is 4.79 Å². The molecule has 1 saturated heterocycles. The van der Waals surface area contributed by atoms with Gasteiger partial charge in [0.15, 0.2) is 0 Å². The zero-order valence-corrected chi connectivity index (χ0v) is 12.2. The Morgan fingerprint density at radius 1 is 1.18 bits per heavy atom. The second kappa shape index (κ2) is 4.56. The van der Waals surface area contributed by atoms with Crippen LogP contribution in [0.3, 0.4) is 0 Å². The Labute approximate surface area is 112 Å². The summed E-state index contributed by atoms with van der Waals surface area (Å²) < 4.78 is 0. The predicted molar refractivity (Wildman–Crippen MR) is 72.0 cm³/mol. The van der Waals surface area contributed by atoms with Gasteiger partial charge in [-0.2, -0.15) is 0 Å². The number of carbonyl (C=O) groups is 1. The number of carbonyl (C=O) groups excluding carboxylic acids is 1. The molecule has 0 radical (unpaired) electrons. The highest BCUT2D eigenvalue weighted by atomic mass is 79.9. The fourth-order valence-corrected chi connectivity index (χ4v) is 4.26. The second-order valence-corrected chi connectivity index (χ2v) is 7.38. The van der Waals surface area contributed by atoms with Crippen molar-refractivity contribution in [2.75, 3.05) is 13.1 Å². The summed E-state index contributed by atoms with van der Waals surface area (Å²) in [7, 11) is 0. The summed E-state index contributed by atoms with van der Waals surface area (Å²) in [6.45, 7) is 4.18. The van der Waals surface area contributed by atoms with Crippen LogP contribution in [0.25, 0.3) is 0 Å². The van der Waals surface area contributed by atoms with Crippen LogP contribution in [0.4, 0.5) is 0 Å². The summed E-state index contributed by atoms with van der Waals surface area (Å²) in [6, 6.07) is 0. The summed E-state index contributed by atoms with van der Waals surface area (Å²) in [5, 5.41) is 0. The van der Waals surface area contributed by atoms with E-state index in [-0.39, 0.29) is 0 Å². The molecular formula is C14H22BrNO. The number of nitrogens with zero attached hydrogens (tertiary/aromatic N) is 1. The largest absolute Gasteiger partial charge is 0.342 e. The summed E-state index contributed by atoms with van der Waals surface area (Å²) >= 11 is 3.71. The first-order chi connectivity index (χ1) is 8.18. The molecule has 2 saturated carbocycles. The third-order valence-corrected chi connectivity index (χ3v) is 6.41. The summed E-state index contributed by atoms with van der Waals surface area (Å²) in [5.74, 6) is 3.01. The molecule has 17 heavy (non-hydrogen) atoms. The van der Waals surface area contributed by atoms with Crippen molar-refractivity contribution in [1.29, 1.82) is 0 Å². The van der Waals surface area contributed by atoms with Gasteiger partial charge >= 0.3 is 0 Å². The van der Waals surface area contributed by atoms with Crippen molar-refractivity contribution in [3.05, 3.63) is 0 Å². The van der Waals surface area contributed by atoms with Crippen molar-refractivity contribution in [3.63, 3.8) is 0 Å². The summed E-state index contributed by atoms with van der Waals surface area (Å²) in [5.41, 5.74) is 0. The molecule has 1 heterocycles. The van der Waals surface area contributed by atoms with Crippen LogP contribution >= 0.6 is 15.9 Å². The first-order valence-electron chi connectivity index (χ1n) is 7.11. The first kappa shape index (κ1) is 12.0. The number of piperidine rings is 1. The van der Waals surface area contributed by atoms with Crippen LogP contribution in [0.15, 0.2) is 0 Å². The lowest BCUT2D eigenvalue weighted by molar-refractivity contribution is -0.134. The molecule has 0 N–H and O–H groups in total. The molecule has 1 aliphatic heterocycles. The number of hydrogen-bond donors (Lipinski definition) is 0. The molecule has 0 aromatic rings. The summed E-state index contributed by atoms with van der Waals surface area (Å²) in [6.07, 6.45) is 6.45. The minimum absolute atomic E-state index is 0.413. The number of likely N-dealkylation sites (tertiary alicyclic amines) is 1. The molecule has 0 aromatic heterocycles. The number of rotatable bonds is 1. The smallest absolute Gasteiger partial charge is 0.226 e. The quantitative estimate of drug-likeness (QED) is 0.682. The molecule has 0 bridgehead atoms. The Morgan fingerprint density at radius 3 is 2.41 bits per heavy atom. The fraction of sp³-hybridized carbons (Fsp3) is 0.929. The van der Waals surface area contributed by atoms with Crippen LogP contribution in [-0.4, -0.2) is 28.7 Å². The molecule has 2 nitrogen and oxygen atoms in total. The minimum Gasteiger partial charge on any atom is -0.342 e. The average Bonchev–Trinajstić information content (AvgIpc) is 3.06. The van der Waals surface area contributed by atoms with Gasteiger partial charge in [0.05, 0.1) is 0 Å². The van der Waals surface area contributed by atoms with Crippen molar-refractivity contribution in [2.45, 2.75) is 43.9 Å². The zero-order valence-electron chi connectivity index (χ0n) is 10.6. The fourth-order valence-electron chi connectivity index (χ4n) is 3.89. The van der Waals surface area contributed by atoms with Gasteiger partial charge in [-0.05, 0) is 37.0 Å². The van der Waals surface area contributed by atoms with E-state index in [1.165, 1.54) is 25.7 Å². The van der Waals surface area contributed by atoms with Gasteiger partial charge < -0.3 is 4.90 Å². The third-order valence-electron chi connectivity index (χ3n) is 5.05. The van der Waals surface area contributed by atoms with Crippen LogP contribution in [0.2, 0.25) is 0 Å². The van der Waals surface area contributed by atoms with E-state index >= 15 is 0 Å². The average molecular weight is 300 g/mol. The SMILES string of the molecule is CC1CN(C(=O)C2C3CCCCC32)CCC1Br. The molecule has 1 amide bonds. The maximum absolute atomic E-state index is 12.5. The molecule has 3 rings (SSSR count). The standard InChI is InChI=1S/C14H22BrNO/c1-9-8-16(7-6-12(9)15)14(17)13-10-4-2-3-5-11(10)13/h9-13H,2-8H2,1H3. The number of amides is 1. The minimum atomic E-state index is 0.413. The Balaban J connectivity index is 1.60. The van der Waals surface area contributed by atoms with Crippen molar-refractivity contribution in [2.24, 2.45) is 23.7 Å². The lowest BCUT2D eigenvalue weighted by Gasteiger charge is -2.34. The Morgan fingerprint density at radius 2 is 1.82 bits per heavy atom. The maximum atomic E-state index is 12.5. The van der Waals surface area contributed by atoms with E-state index in [4.69, 9.17) is 0 Å². The van der Waals surface area contributed by atoms with Crippen molar-refractivity contribution >= 4 is 21.8 Å². The first-order valence-corrected chi connectivity index (χ1v) is 8.03. The van der Waals surface area contributed by atoms with Crippen LogP contribution < -0.4 is 0 Å². The molecule has 4 atom stereocenters. The van der Waals surface area contributed by atoms with E-state index < -0.39 is 0 Å². The van der Waals surface area contributed by atoms with E-state index in [1.807, 2.05) is 0 Å². The molecule has 4 unspecified atom stereocenters. The molecule has 3 heteroatoms. The summed E-state index contributed by atoms with van der Waals surface area (Å²) in [4.78, 5) is 15.2. The van der Waals surface area contributed by atoms with Gasteiger partial charge in [-0.3, -0.25) is 4.79 Å². The van der Waals surface area contributed by atoms with Gasteiger partial charge in [-0.25, -0.2) is 0 Å². The van der Waals surface area contributed by atoms with E-state index in [1.54, 1.807) is 0 Å². The van der Waals surface area contributed by atoms with E-state index in [2.05, 4.69) is 27.8 Å². The molecule has 0 aromatic carbocycles. The lowest BCUT2D eigenvalue weighted by Crippen LogP contribution is -2.44. The van der Waals surface area contributed by atoms with Gasteiger partial charge in [-0.1, -0.05) is 35.7 Å². The third kappa shape index (κ3) is 2.16. The second-order valence-electron chi connectivity index (χ2n) is 6.20. The molecule has 3 fully saturated rings. The highest BCUT2D eigenvalue weighted by Crippen LogP contribution is 2.56. The van der Waals surface area contributed by atoms with Crippen LogP contribution in [0, 0.1) is 23.7 Å². The Bertz CT molecular complexity index is 307. The van der Waals surface area contributed by atoms with Gasteiger partial charge in [0, 0.05) is 23.8 Å². The van der Waals surface area contributed by atoms with Crippen LogP contribution in [0.1, 0.15) is 39.0 Å². The molecule has 0 spiro atoms. The monoisotopic (exact) mass is 299 g/mol. The highest BCUT2D eigenvalue weighted by Gasteiger charge is 2.55. The molecule has 3 aliphatic rings. The normalized spacial score (nSPS) is 45.3. The van der Waals surface area contributed by atoms with Crippen LogP contribution in [-0.2, 0) is 4.79 Å². The Hall–Kier alpha value is -0.0500. The molecular weight excluding hydrogens is 278 g/mol. The molecule has 96 valence electrons. The van der Waals surface area contributed by atoms with Gasteiger partial charge in [-0.15, -0.1) is 0 Å². The maximum Gasteiger partial charge on any atom is 0.226 e. The Kier molecular flexibility index (Phi) is 3.22. The number of alkyl halides is 1. The number of fused-ring (bicyclic) bond motifs is 1. The van der Waals surface area contributed by atoms with Gasteiger partial charge in [0.1, 0.15) is 0 Å². The number of halogens is 1. The highest BCUT2D eigenvalue weighted by molar-refractivity contribution is 9.09.